The van der Waals surface area contributed by atoms with Gasteiger partial charge in [0, 0.05) is 53.6 Å². The molecule has 1 N–H and O–H groups in total. The Balaban J connectivity index is 0.000000203. The SMILES string of the molecule is C=Nc1ccccc1C(=N)c1ccccc1.Cc1ccc(N(c2ccccc2C)c2cc3sc4ccccc4c3c3c4c(oc23)CC#CC=C4)cc1. The third-order valence-corrected chi connectivity index (χ3v) is 10.5. The van der Waals surface area contributed by atoms with E-state index in [0.29, 0.717) is 12.1 Å². The van der Waals surface area contributed by atoms with Crippen LogP contribution in [0.25, 0.3) is 37.2 Å². The van der Waals surface area contributed by atoms with Crippen molar-refractivity contribution in [3.63, 3.8) is 0 Å². The number of hydrogen-bond donors (Lipinski definition) is 1. The molecule has 1 aliphatic carbocycles. The molecule has 0 aliphatic heterocycles. The zero-order valence-electron chi connectivity index (χ0n) is 29.0. The normalized spacial score (nSPS) is 11.7. The summed E-state index contributed by atoms with van der Waals surface area (Å²) >= 11 is 1.84. The van der Waals surface area contributed by atoms with E-state index in [-0.39, 0.29) is 0 Å². The summed E-state index contributed by atoms with van der Waals surface area (Å²) in [5.41, 5.74) is 10.7. The molecule has 0 saturated carbocycles. The maximum Gasteiger partial charge on any atom is 0.159 e. The Bertz CT molecular complexity index is 2720. The van der Waals surface area contributed by atoms with E-state index < -0.39 is 0 Å². The molecule has 4 nitrogen and oxygen atoms in total. The van der Waals surface area contributed by atoms with Crippen LogP contribution in [0.2, 0.25) is 0 Å². The molecule has 0 amide bonds. The summed E-state index contributed by atoms with van der Waals surface area (Å²) in [6.45, 7) is 7.81. The molecule has 5 heteroatoms. The number of nitrogens with one attached hydrogen (secondary N) is 1. The highest BCUT2D eigenvalue weighted by Gasteiger charge is 2.26. The monoisotopic (exact) mass is 689 g/mol. The second-order valence-corrected chi connectivity index (χ2v) is 13.8. The number of nitrogens with zero attached hydrogens (tertiary/aromatic N) is 2. The molecule has 0 spiro atoms. The van der Waals surface area contributed by atoms with E-state index in [1.165, 1.54) is 36.7 Å². The first kappa shape index (κ1) is 32.7. The van der Waals surface area contributed by atoms with E-state index in [1.54, 1.807) is 0 Å². The Morgan fingerprint density at radius 3 is 2.33 bits per heavy atom. The van der Waals surface area contributed by atoms with Gasteiger partial charge in [0.2, 0.25) is 0 Å². The number of furan rings is 1. The second kappa shape index (κ2) is 14.0. The van der Waals surface area contributed by atoms with Gasteiger partial charge in [0.05, 0.1) is 23.5 Å². The average molecular weight is 690 g/mol. The van der Waals surface area contributed by atoms with Crippen LogP contribution in [-0.2, 0) is 6.42 Å². The van der Waals surface area contributed by atoms with Crippen molar-refractivity contribution in [2.45, 2.75) is 20.3 Å². The first-order valence-corrected chi connectivity index (χ1v) is 18.0. The molecule has 0 unspecified atom stereocenters. The maximum atomic E-state index is 8.13. The molecule has 0 fully saturated rings. The Morgan fingerprint density at radius 1 is 0.788 bits per heavy atom. The molecule has 8 aromatic rings. The maximum absolute atomic E-state index is 8.13. The smallest absolute Gasteiger partial charge is 0.159 e. The van der Waals surface area contributed by atoms with Gasteiger partial charge in [0.25, 0.3) is 0 Å². The van der Waals surface area contributed by atoms with Crippen molar-refractivity contribution in [2.75, 3.05) is 4.90 Å². The van der Waals surface area contributed by atoms with E-state index in [1.807, 2.05) is 72.0 Å². The van der Waals surface area contributed by atoms with Crippen molar-refractivity contribution in [2.24, 2.45) is 4.99 Å². The summed E-state index contributed by atoms with van der Waals surface area (Å²) in [5, 5.41) is 11.8. The lowest BCUT2D eigenvalue weighted by atomic mass is 10.0. The fraction of sp³-hybridized carbons (Fsp3) is 0.0638. The average Bonchev–Trinajstić information content (AvgIpc) is 3.65. The molecule has 1 aliphatic rings. The highest BCUT2D eigenvalue weighted by molar-refractivity contribution is 7.26. The van der Waals surface area contributed by atoms with Crippen molar-refractivity contribution in [1.82, 2.24) is 0 Å². The van der Waals surface area contributed by atoms with E-state index in [2.05, 4.69) is 127 Å². The van der Waals surface area contributed by atoms with Gasteiger partial charge in [-0.3, -0.25) is 10.4 Å². The third-order valence-electron chi connectivity index (χ3n) is 9.38. The van der Waals surface area contributed by atoms with Crippen LogP contribution in [0, 0.1) is 31.1 Å². The summed E-state index contributed by atoms with van der Waals surface area (Å²) in [6.07, 6.45) is 4.68. The van der Waals surface area contributed by atoms with Crippen LogP contribution in [0.3, 0.4) is 0 Å². The predicted octanol–water partition coefficient (Wildman–Crippen LogP) is 12.9. The number of anilines is 3. The van der Waals surface area contributed by atoms with Gasteiger partial charge in [0.15, 0.2) is 5.58 Å². The van der Waals surface area contributed by atoms with Crippen molar-refractivity contribution in [3.05, 3.63) is 173 Å². The van der Waals surface area contributed by atoms with Gasteiger partial charge in [-0.15, -0.1) is 11.3 Å². The van der Waals surface area contributed by atoms with Crippen molar-refractivity contribution in [3.8, 4) is 11.8 Å². The van der Waals surface area contributed by atoms with Crippen molar-refractivity contribution < 1.29 is 4.42 Å². The van der Waals surface area contributed by atoms with Gasteiger partial charge in [-0.2, -0.15) is 0 Å². The van der Waals surface area contributed by atoms with Crippen LogP contribution in [0.1, 0.15) is 33.6 Å². The molecule has 0 saturated heterocycles. The van der Waals surface area contributed by atoms with Gasteiger partial charge in [0.1, 0.15) is 5.76 Å². The third kappa shape index (κ3) is 6.00. The molecular weight excluding hydrogens is 655 g/mol. The van der Waals surface area contributed by atoms with E-state index in [0.717, 1.165) is 50.8 Å². The fourth-order valence-corrected chi connectivity index (χ4v) is 7.97. The Hall–Kier alpha value is -6.48. The van der Waals surface area contributed by atoms with Crippen LogP contribution in [0.4, 0.5) is 22.7 Å². The topological polar surface area (TPSA) is 52.6 Å². The lowest BCUT2D eigenvalue weighted by molar-refractivity contribution is 0.567. The summed E-state index contributed by atoms with van der Waals surface area (Å²) in [4.78, 5) is 6.27. The molecule has 2 heterocycles. The number of thiophene rings is 1. The van der Waals surface area contributed by atoms with Crippen LogP contribution in [0.15, 0.2) is 149 Å². The minimum absolute atomic E-state index is 0.476. The molecule has 0 bridgehead atoms. The van der Waals surface area contributed by atoms with Gasteiger partial charge in [-0.1, -0.05) is 114 Å². The number of fused-ring (bicyclic) bond motifs is 7. The van der Waals surface area contributed by atoms with Crippen LogP contribution < -0.4 is 4.90 Å². The number of aryl methyl sites for hydroxylation is 2. The van der Waals surface area contributed by atoms with E-state index in [9.17, 15) is 0 Å². The minimum atomic E-state index is 0.476. The van der Waals surface area contributed by atoms with Gasteiger partial charge < -0.3 is 9.32 Å². The Labute approximate surface area is 307 Å². The summed E-state index contributed by atoms with van der Waals surface area (Å²) < 4.78 is 9.27. The standard InChI is InChI=1S/C33H23NOS.C14H12N2/c1-21-16-18-23(19-17-21)34(26-13-8-6-10-22(26)2)27-20-30-31(25-12-7-9-15-29(25)36-30)32-24-11-4-3-5-14-28(24)35-33(27)32;1-16-13-10-6-5-9-12(13)14(15)11-7-3-2-4-8-11/h4,6-13,15-20H,14H2,1-2H3;2-10,15H,1H2. The first-order chi connectivity index (χ1) is 25.5. The molecule has 2 aromatic heterocycles. The lowest BCUT2D eigenvalue weighted by Gasteiger charge is -2.27. The highest BCUT2D eigenvalue weighted by Crippen LogP contribution is 2.49. The van der Waals surface area contributed by atoms with E-state index in [4.69, 9.17) is 9.83 Å². The highest BCUT2D eigenvalue weighted by atomic mass is 32.1. The van der Waals surface area contributed by atoms with Crippen molar-refractivity contribution in [1.29, 1.82) is 5.41 Å². The first-order valence-electron chi connectivity index (χ1n) is 17.2. The fourth-order valence-electron chi connectivity index (χ4n) is 6.82. The number of aliphatic imine (C=N–C) groups is 1. The number of rotatable bonds is 6. The number of para-hydroxylation sites is 2. The summed E-state index contributed by atoms with van der Waals surface area (Å²) in [5.74, 6) is 7.29. The molecular formula is C47H35N3OS. The second-order valence-electron chi connectivity index (χ2n) is 12.7. The van der Waals surface area contributed by atoms with Crippen LogP contribution in [-0.4, -0.2) is 12.4 Å². The largest absolute Gasteiger partial charge is 0.457 e. The Kier molecular flexibility index (Phi) is 8.83. The number of allylic oxidation sites excluding steroid dienone is 1. The molecule has 0 radical (unpaired) electrons. The lowest BCUT2D eigenvalue weighted by Crippen LogP contribution is -2.11. The molecule has 52 heavy (non-hydrogen) atoms. The van der Waals surface area contributed by atoms with Crippen molar-refractivity contribution >= 4 is 83.7 Å². The quantitative estimate of drug-likeness (QED) is 0.140. The predicted molar refractivity (Wildman–Crippen MR) is 222 cm³/mol. The molecule has 6 aromatic carbocycles. The minimum Gasteiger partial charge on any atom is -0.457 e. The Morgan fingerprint density at radius 2 is 1.52 bits per heavy atom. The zero-order chi connectivity index (χ0) is 35.6. The number of hydrogen-bond acceptors (Lipinski definition) is 5. The van der Waals surface area contributed by atoms with Crippen LogP contribution in [0.5, 0.6) is 0 Å². The van der Waals surface area contributed by atoms with E-state index >= 15 is 0 Å². The summed E-state index contributed by atoms with van der Waals surface area (Å²) in [6, 6.07) is 45.5. The van der Waals surface area contributed by atoms with Gasteiger partial charge >= 0.3 is 0 Å². The molecule has 0 atom stereocenters. The molecule has 9 rings (SSSR count). The summed E-state index contributed by atoms with van der Waals surface area (Å²) in [7, 11) is 0. The zero-order valence-corrected chi connectivity index (χ0v) is 29.8. The van der Waals surface area contributed by atoms with Crippen LogP contribution >= 0.6 is 11.3 Å². The van der Waals surface area contributed by atoms with Gasteiger partial charge in [-0.25, -0.2) is 0 Å². The number of benzene rings is 6. The molecule has 250 valence electrons. The van der Waals surface area contributed by atoms with Gasteiger partial charge in [-0.05, 0) is 74.7 Å².